The number of rotatable bonds is 2. The molecule has 0 bridgehead atoms. The van der Waals surface area contributed by atoms with Crippen LogP contribution in [0.25, 0.3) is 0 Å². The van der Waals surface area contributed by atoms with Gasteiger partial charge in [-0.25, -0.2) is 0 Å². The molecule has 1 aliphatic rings. The largest absolute Gasteiger partial charge is 0.463 e. The molecule has 0 radical (unpaired) electrons. The third kappa shape index (κ3) is 3.07. The van der Waals surface area contributed by atoms with Gasteiger partial charge in [0.2, 0.25) is 0 Å². The molecular formula is C10H14F5NO. The van der Waals surface area contributed by atoms with Crippen molar-refractivity contribution in [3.05, 3.63) is 0 Å². The average Bonchev–Trinajstić information content (AvgIpc) is 2.43. The van der Waals surface area contributed by atoms with Gasteiger partial charge in [-0.2, -0.15) is 22.0 Å². The summed E-state index contributed by atoms with van der Waals surface area (Å²) >= 11 is 0. The van der Waals surface area contributed by atoms with Gasteiger partial charge in [0.1, 0.15) is 0 Å². The highest BCUT2D eigenvalue weighted by molar-refractivity contribution is 5.84. The minimum absolute atomic E-state index is 0.133. The van der Waals surface area contributed by atoms with Gasteiger partial charge in [0.15, 0.2) is 0 Å². The fraction of sp³-hybridized carbons (Fsp3) is 0.900. The van der Waals surface area contributed by atoms with Crippen LogP contribution in [0.4, 0.5) is 22.0 Å². The van der Waals surface area contributed by atoms with Gasteiger partial charge in [0.25, 0.3) is 0 Å². The van der Waals surface area contributed by atoms with E-state index in [2.05, 4.69) is 0 Å². The highest BCUT2D eigenvalue weighted by Crippen LogP contribution is 2.39. The van der Waals surface area contributed by atoms with Crippen LogP contribution in [-0.4, -0.2) is 24.0 Å². The van der Waals surface area contributed by atoms with Crippen molar-refractivity contribution in [3.63, 3.8) is 0 Å². The summed E-state index contributed by atoms with van der Waals surface area (Å²) in [5, 5.41) is 1.77. The molecule has 1 saturated carbocycles. The van der Waals surface area contributed by atoms with E-state index >= 15 is 0 Å². The van der Waals surface area contributed by atoms with Crippen molar-refractivity contribution < 1.29 is 26.7 Å². The lowest BCUT2D eigenvalue weighted by Gasteiger charge is -2.22. The van der Waals surface area contributed by atoms with Gasteiger partial charge in [0.05, 0.1) is 0 Å². The number of amides is 1. The smallest absolute Gasteiger partial charge is 0.348 e. The summed E-state index contributed by atoms with van der Waals surface area (Å²) < 4.78 is 61.0. The summed E-state index contributed by atoms with van der Waals surface area (Å²) in [7, 11) is 0. The molecule has 17 heavy (non-hydrogen) atoms. The van der Waals surface area contributed by atoms with Crippen LogP contribution in [0, 0.1) is 5.41 Å². The Labute approximate surface area is 95.6 Å². The Bertz CT molecular complexity index is 310. The molecule has 1 fully saturated rings. The van der Waals surface area contributed by atoms with Gasteiger partial charge in [0, 0.05) is 6.04 Å². The second kappa shape index (κ2) is 4.10. The van der Waals surface area contributed by atoms with Crippen molar-refractivity contribution in [2.75, 3.05) is 0 Å². The normalized spacial score (nSPS) is 24.8. The summed E-state index contributed by atoms with van der Waals surface area (Å²) in [5.41, 5.74) is -0.133. The molecule has 0 spiro atoms. The number of halogens is 5. The fourth-order valence-corrected chi connectivity index (χ4v) is 1.96. The Morgan fingerprint density at radius 3 is 2.12 bits per heavy atom. The highest BCUT2D eigenvalue weighted by atomic mass is 19.4. The predicted octanol–water partition coefficient (Wildman–Crippen LogP) is 2.88. The van der Waals surface area contributed by atoms with Crippen molar-refractivity contribution in [2.45, 2.75) is 51.3 Å². The topological polar surface area (TPSA) is 29.1 Å². The lowest BCUT2D eigenvalue weighted by atomic mass is 9.92. The van der Waals surface area contributed by atoms with E-state index in [1.807, 2.05) is 13.8 Å². The van der Waals surface area contributed by atoms with E-state index in [0.29, 0.717) is 19.3 Å². The molecule has 1 amide bonds. The summed E-state index contributed by atoms with van der Waals surface area (Å²) in [6, 6.07) is -0.606. The first-order valence-electron chi connectivity index (χ1n) is 5.21. The van der Waals surface area contributed by atoms with Crippen molar-refractivity contribution in [3.8, 4) is 0 Å². The Morgan fingerprint density at radius 1 is 1.24 bits per heavy atom. The second-order valence-corrected chi connectivity index (χ2v) is 5.15. The standard InChI is InChI=1S/C10H14F5NO/c1-8(2)4-3-6(5-8)16-7(17)9(11,12)10(13,14)15/h6H,3-5H2,1-2H3,(H,16,17). The van der Waals surface area contributed by atoms with E-state index in [-0.39, 0.29) is 5.41 Å². The molecule has 0 aromatic carbocycles. The molecular weight excluding hydrogens is 245 g/mol. The number of alkyl halides is 5. The molecule has 1 atom stereocenters. The Kier molecular flexibility index (Phi) is 3.42. The van der Waals surface area contributed by atoms with Crippen LogP contribution in [-0.2, 0) is 4.79 Å². The van der Waals surface area contributed by atoms with Crippen molar-refractivity contribution in [1.82, 2.24) is 5.32 Å². The van der Waals surface area contributed by atoms with E-state index in [4.69, 9.17) is 0 Å². The Morgan fingerprint density at radius 2 is 1.76 bits per heavy atom. The molecule has 0 aliphatic heterocycles. The minimum atomic E-state index is -5.84. The lowest BCUT2D eigenvalue weighted by Crippen LogP contribution is -2.52. The van der Waals surface area contributed by atoms with Crippen LogP contribution in [0.3, 0.4) is 0 Å². The molecule has 0 saturated heterocycles. The van der Waals surface area contributed by atoms with E-state index < -0.39 is 24.0 Å². The second-order valence-electron chi connectivity index (χ2n) is 5.15. The van der Waals surface area contributed by atoms with Crippen LogP contribution >= 0.6 is 0 Å². The predicted molar refractivity (Wildman–Crippen MR) is 50.6 cm³/mol. The molecule has 0 heterocycles. The summed E-state index contributed by atoms with van der Waals surface area (Å²) in [6.07, 6.45) is -4.32. The Hall–Kier alpha value is -0.880. The zero-order valence-corrected chi connectivity index (χ0v) is 9.50. The monoisotopic (exact) mass is 259 g/mol. The third-order valence-corrected chi connectivity index (χ3v) is 2.94. The van der Waals surface area contributed by atoms with E-state index in [9.17, 15) is 26.7 Å². The van der Waals surface area contributed by atoms with Crippen LogP contribution < -0.4 is 5.32 Å². The van der Waals surface area contributed by atoms with Crippen LogP contribution in [0.5, 0.6) is 0 Å². The highest BCUT2D eigenvalue weighted by Gasteiger charge is 2.63. The molecule has 1 aliphatic carbocycles. The van der Waals surface area contributed by atoms with E-state index in [1.165, 1.54) is 0 Å². The van der Waals surface area contributed by atoms with E-state index in [0.717, 1.165) is 0 Å². The Balaban J connectivity index is 2.62. The summed E-state index contributed by atoms with van der Waals surface area (Å²) in [4.78, 5) is 10.9. The number of hydrogen-bond acceptors (Lipinski definition) is 1. The number of hydrogen-bond donors (Lipinski definition) is 1. The van der Waals surface area contributed by atoms with Crippen molar-refractivity contribution in [2.24, 2.45) is 5.41 Å². The zero-order valence-electron chi connectivity index (χ0n) is 9.50. The van der Waals surface area contributed by atoms with Crippen molar-refractivity contribution >= 4 is 5.91 Å². The molecule has 0 aromatic heterocycles. The maximum absolute atomic E-state index is 12.6. The van der Waals surface area contributed by atoms with Crippen LogP contribution in [0.15, 0.2) is 0 Å². The van der Waals surface area contributed by atoms with Gasteiger partial charge in [-0.15, -0.1) is 0 Å². The van der Waals surface area contributed by atoms with Crippen LogP contribution in [0.1, 0.15) is 33.1 Å². The SMILES string of the molecule is CC1(C)CCC(NC(=O)C(F)(F)C(F)(F)F)C1. The summed E-state index contributed by atoms with van der Waals surface area (Å²) in [6.45, 7) is 3.75. The fourth-order valence-electron chi connectivity index (χ4n) is 1.96. The van der Waals surface area contributed by atoms with Crippen molar-refractivity contribution in [1.29, 1.82) is 0 Å². The quantitative estimate of drug-likeness (QED) is 0.759. The maximum atomic E-state index is 12.6. The molecule has 1 rings (SSSR count). The molecule has 1 unspecified atom stereocenters. The molecule has 100 valence electrons. The number of carbonyl (C=O) groups excluding carboxylic acids is 1. The lowest BCUT2D eigenvalue weighted by molar-refractivity contribution is -0.270. The molecule has 1 N–H and O–H groups in total. The molecule has 7 heteroatoms. The maximum Gasteiger partial charge on any atom is 0.463 e. The number of carbonyl (C=O) groups is 1. The first-order chi connectivity index (χ1) is 7.46. The molecule has 0 aromatic rings. The molecule has 2 nitrogen and oxygen atoms in total. The zero-order chi connectivity index (χ0) is 13.5. The van der Waals surface area contributed by atoms with Gasteiger partial charge >= 0.3 is 18.0 Å². The van der Waals surface area contributed by atoms with Gasteiger partial charge < -0.3 is 5.32 Å². The summed E-state index contributed by atoms with van der Waals surface area (Å²) in [5.74, 6) is -7.58. The first kappa shape index (κ1) is 14.2. The number of nitrogens with one attached hydrogen (secondary N) is 1. The first-order valence-corrected chi connectivity index (χ1v) is 5.21. The average molecular weight is 259 g/mol. The van der Waals surface area contributed by atoms with Gasteiger partial charge in [-0.1, -0.05) is 13.8 Å². The van der Waals surface area contributed by atoms with E-state index in [1.54, 1.807) is 5.32 Å². The minimum Gasteiger partial charge on any atom is -0.348 e. The van der Waals surface area contributed by atoms with Gasteiger partial charge in [-0.3, -0.25) is 4.79 Å². The van der Waals surface area contributed by atoms with Crippen LogP contribution in [0.2, 0.25) is 0 Å². The third-order valence-electron chi connectivity index (χ3n) is 2.94. The van der Waals surface area contributed by atoms with Gasteiger partial charge in [-0.05, 0) is 24.7 Å².